The first-order valence-electron chi connectivity index (χ1n) is 6.26. The van der Waals surface area contributed by atoms with Crippen molar-refractivity contribution in [3.63, 3.8) is 0 Å². The van der Waals surface area contributed by atoms with Gasteiger partial charge in [0.1, 0.15) is 6.54 Å². The van der Waals surface area contributed by atoms with Crippen LogP contribution in [0.25, 0.3) is 0 Å². The fourth-order valence-corrected chi connectivity index (χ4v) is 2.18. The van der Waals surface area contributed by atoms with Gasteiger partial charge in [-0.3, -0.25) is 14.4 Å². The molecule has 0 aromatic heterocycles. The first kappa shape index (κ1) is 17.4. The van der Waals surface area contributed by atoms with Crippen LogP contribution in [0.1, 0.15) is 17.3 Å². The van der Waals surface area contributed by atoms with Crippen molar-refractivity contribution < 1.29 is 19.1 Å². The predicted molar refractivity (Wildman–Crippen MR) is 85.7 cm³/mol. The first-order chi connectivity index (χ1) is 9.82. The molecule has 114 valence electrons. The lowest BCUT2D eigenvalue weighted by Crippen LogP contribution is -2.38. The Kier molecular flexibility index (Phi) is 6.60. The normalized spacial score (nSPS) is 11.4. The van der Waals surface area contributed by atoms with Crippen molar-refractivity contribution >= 4 is 40.4 Å². The van der Waals surface area contributed by atoms with E-state index in [-0.39, 0.29) is 18.4 Å². The van der Waals surface area contributed by atoms with Crippen molar-refractivity contribution in [2.45, 2.75) is 13.0 Å². The molecule has 6 nitrogen and oxygen atoms in total. The zero-order valence-electron chi connectivity index (χ0n) is 12.1. The van der Waals surface area contributed by atoms with Crippen LogP contribution in [0.15, 0.2) is 24.3 Å². The predicted octanol–water partition coefficient (Wildman–Crippen LogP) is 1.04. The molecule has 1 aromatic rings. The molecule has 1 N–H and O–H groups in total. The van der Waals surface area contributed by atoms with Gasteiger partial charge in [-0.05, 0) is 41.6 Å². The van der Waals surface area contributed by atoms with Gasteiger partial charge in [0, 0.05) is 17.7 Å². The van der Waals surface area contributed by atoms with Crippen molar-refractivity contribution in [1.29, 1.82) is 0 Å². The number of rotatable bonds is 5. The second-order valence-electron chi connectivity index (χ2n) is 4.53. The number of carbonyl (C=O) groups is 3. The summed E-state index contributed by atoms with van der Waals surface area (Å²) in [5.41, 5.74) is 0.489. The Bertz CT molecular complexity index is 546. The summed E-state index contributed by atoms with van der Waals surface area (Å²) < 4.78 is 5.73. The van der Waals surface area contributed by atoms with Crippen LogP contribution in [0, 0.1) is 3.57 Å². The molecule has 1 rings (SSSR count). The van der Waals surface area contributed by atoms with E-state index in [1.807, 2.05) is 28.7 Å². The van der Waals surface area contributed by atoms with Crippen LogP contribution in [0.4, 0.5) is 0 Å². The third kappa shape index (κ3) is 5.33. The Morgan fingerprint density at radius 1 is 1.29 bits per heavy atom. The van der Waals surface area contributed by atoms with Crippen LogP contribution < -0.4 is 5.32 Å². The molecule has 1 atom stereocenters. The van der Waals surface area contributed by atoms with Gasteiger partial charge in [0.25, 0.3) is 11.8 Å². The van der Waals surface area contributed by atoms with Gasteiger partial charge in [-0.15, -0.1) is 0 Å². The van der Waals surface area contributed by atoms with Crippen LogP contribution in [0.5, 0.6) is 0 Å². The summed E-state index contributed by atoms with van der Waals surface area (Å²) in [7, 11) is 3.15. The third-order valence-electron chi connectivity index (χ3n) is 2.61. The molecule has 0 saturated carbocycles. The summed E-state index contributed by atoms with van der Waals surface area (Å²) >= 11 is 2.04. The topological polar surface area (TPSA) is 75.7 Å². The van der Waals surface area contributed by atoms with E-state index in [2.05, 4.69) is 5.32 Å². The van der Waals surface area contributed by atoms with E-state index in [0.29, 0.717) is 5.56 Å². The summed E-state index contributed by atoms with van der Waals surface area (Å²) in [6, 6.07) is 7.03. The minimum Gasteiger partial charge on any atom is -0.451 e. The molecule has 0 aliphatic carbocycles. The average Bonchev–Trinajstić information content (AvgIpc) is 2.44. The van der Waals surface area contributed by atoms with Crippen LogP contribution in [0.2, 0.25) is 0 Å². The van der Waals surface area contributed by atoms with Crippen LogP contribution in [-0.4, -0.2) is 49.4 Å². The lowest BCUT2D eigenvalue weighted by molar-refractivity contribution is -0.157. The lowest BCUT2D eigenvalue weighted by atomic mass is 10.2. The minimum absolute atomic E-state index is 0.283. The SMILES string of the molecule is C[C@@H](OC(=O)CNC(=O)c1ccccc1I)C(=O)N(C)C. The van der Waals surface area contributed by atoms with Crippen molar-refractivity contribution in [3.05, 3.63) is 33.4 Å². The Morgan fingerprint density at radius 2 is 1.90 bits per heavy atom. The lowest BCUT2D eigenvalue weighted by Gasteiger charge is -2.17. The molecule has 0 saturated heterocycles. The molecule has 0 aliphatic heterocycles. The Balaban J connectivity index is 2.49. The number of ether oxygens (including phenoxy) is 1. The number of nitrogens with zero attached hydrogens (tertiary/aromatic N) is 1. The highest BCUT2D eigenvalue weighted by atomic mass is 127. The van der Waals surface area contributed by atoms with Crippen molar-refractivity contribution in [2.75, 3.05) is 20.6 Å². The van der Waals surface area contributed by atoms with Crippen molar-refractivity contribution in [2.24, 2.45) is 0 Å². The van der Waals surface area contributed by atoms with Gasteiger partial charge >= 0.3 is 5.97 Å². The Hall–Kier alpha value is -1.64. The van der Waals surface area contributed by atoms with Crippen molar-refractivity contribution in [3.8, 4) is 0 Å². The third-order valence-corrected chi connectivity index (χ3v) is 3.55. The smallest absolute Gasteiger partial charge is 0.326 e. The van der Waals surface area contributed by atoms with E-state index < -0.39 is 12.1 Å². The van der Waals surface area contributed by atoms with Gasteiger partial charge in [-0.25, -0.2) is 0 Å². The Morgan fingerprint density at radius 3 is 2.48 bits per heavy atom. The summed E-state index contributed by atoms with van der Waals surface area (Å²) in [6.07, 6.45) is -0.874. The maximum atomic E-state index is 11.9. The quantitative estimate of drug-likeness (QED) is 0.588. The second kappa shape index (κ2) is 7.96. The summed E-state index contributed by atoms with van der Waals surface area (Å²) in [6.45, 7) is 1.21. The number of esters is 1. The summed E-state index contributed by atoms with van der Waals surface area (Å²) in [4.78, 5) is 36.4. The molecule has 0 fully saturated rings. The number of nitrogens with one attached hydrogen (secondary N) is 1. The number of hydrogen-bond acceptors (Lipinski definition) is 4. The molecule has 0 unspecified atom stereocenters. The zero-order valence-corrected chi connectivity index (χ0v) is 14.2. The van der Waals surface area contributed by atoms with E-state index in [1.54, 1.807) is 32.3 Å². The van der Waals surface area contributed by atoms with Crippen LogP contribution in [-0.2, 0) is 14.3 Å². The molecule has 0 spiro atoms. The van der Waals surface area contributed by atoms with E-state index in [4.69, 9.17) is 4.74 Å². The van der Waals surface area contributed by atoms with Gasteiger partial charge in [0.05, 0.1) is 5.56 Å². The highest BCUT2D eigenvalue weighted by Crippen LogP contribution is 2.10. The van der Waals surface area contributed by atoms with Gasteiger partial charge in [-0.2, -0.15) is 0 Å². The second-order valence-corrected chi connectivity index (χ2v) is 5.69. The molecule has 2 amide bonds. The van der Waals surface area contributed by atoms with Gasteiger partial charge in [-0.1, -0.05) is 12.1 Å². The maximum Gasteiger partial charge on any atom is 0.326 e. The van der Waals surface area contributed by atoms with Crippen LogP contribution >= 0.6 is 22.6 Å². The van der Waals surface area contributed by atoms with Gasteiger partial charge in [0.15, 0.2) is 6.10 Å². The van der Waals surface area contributed by atoms with E-state index in [9.17, 15) is 14.4 Å². The summed E-state index contributed by atoms with van der Waals surface area (Å²) in [5, 5.41) is 2.47. The summed E-state index contributed by atoms with van der Waals surface area (Å²) in [5.74, 6) is -1.33. The largest absolute Gasteiger partial charge is 0.451 e. The Labute approximate surface area is 137 Å². The van der Waals surface area contributed by atoms with E-state index in [1.165, 1.54) is 11.8 Å². The number of halogens is 1. The minimum atomic E-state index is -0.874. The molecule has 0 bridgehead atoms. The fraction of sp³-hybridized carbons (Fsp3) is 0.357. The molecule has 0 radical (unpaired) electrons. The molecule has 0 heterocycles. The number of likely N-dealkylation sites (N-methyl/N-ethyl adjacent to an activating group) is 1. The molecule has 0 aliphatic rings. The molecular weight excluding hydrogens is 387 g/mol. The molecule has 1 aromatic carbocycles. The van der Waals surface area contributed by atoms with E-state index in [0.717, 1.165) is 3.57 Å². The highest BCUT2D eigenvalue weighted by molar-refractivity contribution is 14.1. The zero-order chi connectivity index (χ0) is 16.0. The first-order valence-corrected chi connectivity index (χ1v) is 7.34. The maximum absolute atomic E-state index is 11.9. The van der Waals surface area contributed by atoms with Gasteiger partial charge < -0.3 is 15.0 Å². The average molecular weight is 404 g/mol. The van der Waals surface area contributed by atoms with Crippen LogP contribution in [0.3, 0.4) is 0 Å². The molecular formula is C14H17IN2O4. The molecule has 7 heteroatoms. The fourth-order valence-electron chi connectivity index (χ4n) is 1.55. The highest BCUT2D eigenvalue weighted by Gasteiger charge is 2.19. The molecule has 21 heavy (non-hydrogen) atoms. The van der Waals surface area contributed by atoms with Crippen molar-refractivity contribution in [1.82, 2.24) is 10.2 Å². The number of hydrogen-bond donors (Lipinski definition) is 1. The standard InChI is InChI=1S/C14H17IN2O4/c1-9(14(20)17(2)3)21-12(18)8-16-13(19)10-6-4-5-7-11(10)15/h4-7,9H,8H2,1-3H3,(H,16,19)/t9-/m1/s1. The number of benzene rings is 1. The van der Waals surface area contributed by atoms with Gasteiger partial charge in [0.2, 0.25) is 0 Å². The van der Waals surface area contributed by atoms with E-state index >= 15 is 0 Å². The monoisotopic (exact) mass is 404 g/mol. The number of amides is 2. The number of carbonyl (C=O) groups excluding carboxylic acids is 3.